The van der Waals surface area contributed by atoms with Crippen molar-refractivity contribution in [1.29, 1.82) is 0 Å². The topological polar surface area (TPSA) is 57.6 Å². The number of rotatable bonds is 6. The number of nitrogens with zero attached hydrogens (tertiary/aromatic N) is 1. The Balaban J connectivity index is 2.27. The number of carboxylic acids is 1. The summed E-state index contributed by atoms with van der Waals surface area (Å²) in [7, 11) is 0. The van der Waals surface area contributed by atoms with E-state index in [0.29, 0.717) is 19.3 Å². The number of aliphatic carboxylic acids is 1. The molecule has 0 aromatic heterocycles. The number of halogens is 1. The van der Waals surface area contributed by atoms with Gasteiger partial charge in [-0.15, -0.1) is 0 Å². The number of amides is 1. The first-order valence-electron chi connectivity index (χ1n) is 7.19. The molecule has 0 bridgehead atoms. The highest BCUT2D eigenvalue weighted by molar-refractivity contribution is 5.93. The van der Waals surface area contributed by atoms with Crippen LogP contribution >= 0.6 is 0 Å². The molecule has 1 fully saturated rings. The minimum atomic E-state index is -1.02. The molecule has 114 valence electrons. The first-order chi connectivity index (χ1) is 9.90. The first kappa shape index (κ1) is 15.5. The Bertz CT molecular complexity index is 537. The summed E-state index contributed by atoms with van der Waals surface area (Å²) < 4.78 is 13.0. The maximum atomic E-state index is 13.0. The molecule has 4 nitrogen and oxygen atoms in total. The molecule has 0 radical (unpaired) electrons. The van der Waals surface area contributed by atoms with Crippen molar-refractivity contribution in [2.45, 2.75) is 44.6 Å². The lowest BCUT2D eigenvalue weighted by Crippen LogP contribution is -2.46. The molecule has 1 unspecified atom stereocenters. The van der Waals surface area contributed by atoms with E-state index in [0.717, 1.165) is 5.56 Å². The van der Waals surface area contributed by atoms with Gasteiger partial charge in [0.1, 0.15) is 12.4 Å². The number of hydrogen-bond donors (Lipinski definition) is 1. The Morgan fingerprint density at radius 1 is 1.33 bits per heavy atom. The van der Waals surface area contributed by atoms with Crippen molar-refractivity contribution in [3.05, 3.63) is 35.6 Å². The summed E-state index contributed by atoms with van der Waals surface area (Å²) in [5, 5.41) is 9.03. The zero-order chi connectivity index (χ0) is 15.6. The van der Waals surface area contributed by atoms with Gasteiger partial charge in [0, 0.05) is 6.04 Å². The third kappa shape index (κ3) is 3.06. The maximum Gasteiger partial charge on any atom is 0.323 e. The quantitative estimate of drug-likeness (QED) is 0.877. The zero-order valence-corrected chi connectivity index (χ0v) is 12.3. The highest BCUT2D eigenvalue weighted by atomic mass is 19.1. The van der Waals surface area contributed by atoms with Crippen LogP contribution in [-0.2, 0) is 15.0 Å². The minimum absolute atomic E-state index is 0.133. The number of benzene rings is 1. The van der Waals surface area contributed by atoms with Gasteiger partial charge in [-0.2, -0.15) is 0 Å². The van der Waals surface area contributed by atoms with E-state index in [-0.39, 0.29) is 24.3 Å². The van der Waals surface area contributed by atoms with Gasteiger partial charge in [-0.25, -0.2) is 4.39 Å². The molecule has 1 aliphatic rings. The lowest BCUT2D eigenvalue weighted by molar-refractivity contribution is -0.147. The van der Waals surface area contributed by atoms with Crippen molar-refractivity contribution < 1.29 is 19.1 Å². The summed E-state index contributed by atoms with van der Waals surface area (Å²) in [6.07, 6.45) is 2.06. The van der Waals surface area contributed by atoms with Crippen molar-refractivity contribution in [2.24, 2.45) is 0 Å². The van der Waals surface area contributed by atoms with Crippen molar-refractivity contribution in [2.75, 3.05) is 6.54 Å². The number of hydrogen-bond acceptors (Lipinski definition) is 2. The molecule has 1 aromatic carbocycles. The molecule has 2 rings (SSSR count). The van der Waals surface area contributed by atoms with Gasteiger partial charge >= 0.3 is 5.97 Å². The molecule has 5 heteroatoms. The molecule has 0 aliphatic heterocycles. The van der Waals surface area contributed by atoms with E-state index in [4.69, 9.17) is 5.11 Å². The Morgan fingerprint density at radius 2 is 1.90 bits per heavy atom. The third-order valence-electron chi connectivity index (χ3n) is 4.25. The molecular formula is C16H20FNO3. The Kier molecular flexibility index (Phi) is 4.30. The van der Waals surface area contributed by atoms with Crippen LogP contribution in [0.3, 0.4) is 0 Å². The van der Waals surface area contributed by atoms with E-state index >= 15 is 0 Å². The van der Waals surface area contributed by atoms with Crippen LogP contribution < -0.4 is 0 Å². The van der Waals surface area contributed by atoms with E-state index in [1.165, 1.54) is 17.0 Å². The summed E-state index contributed by atoms with van der Waals surface area (Å²) >= 11 is 0. The summed E-state index contributed by atoms with van der Waals surface area (Å²) in [4.78, 5) is 25.3. The standard InChI is InChI=1S/C16H20FNO3/c1-3-11(2)18(10-14(19)20)15(21)16(8-9-16)12-4-6-13(17)7-5-12/h4-7,11H,3,8-10H2,1-2H3,(H,19,20). The number of carbonyl (C=O) groups excluding carboxylic acids is 1. The van der Waals surface area contributed by atoms with Crippen LogP contribution in [0.2, 0.25) is 0 Å². The number of carbonyl (C=O) groups is 2. The van der Waals surface area contributed by atoms with Gasteiger partial charge in [-0.1, -0.05) is 19.1 Å². The predicted octanol–water partition coefficient (Wildman–Crippen LogP) is 2.57. The fourth-order valence-electron chi connectivity index (χ4n) is 2.59. The average Bonchev–Trinajstić information content (AvgIpc) is 3.25. The fraction of sp³-hybridized carbons (Fsp3) is 0.500. The summed E-state index contributed by atoms with van der Waals surface area (Å²) in [6.45, 7) is 3.47. The van der Waals surface area contributed by atoms with Crippen LogP contribution in [0.25, 0.3) is 0 Å². The fourth-order valence-corrected chi connectivity index (χ4v) is 2.59. The first-order valence-corrected chi connectivity index (χ1v) is 7.19. The van der Waals surface area contributed by atoms with Crippen molar-refractivity contribution in [3.8, 4) is 0 Å². The van der Waals surface area contributed by atoms with Gasteiger partial charge in [0.25, 0.3) is 0 Å². The SMILES string of the molecule is CCC(C)N(CC(=O)O)C(=O)C1(c2ccc(F)cc2)CC1. The highest BCUT2D eigenvalue weighted by Crippen LogP contribution is 2.49. The molecular weight excluding hydrogens is 273 g/mol. The maximum absolute atomic E-state index is 13.0. The van der Waals surface area contributed by atoms with E-state index in [1.807, 2.05) is 13.8 Å². The molecule has 1 aromatic rings. The zero-order valence-electron chi connectivity index (χ0n) is 12.3. The lowest BCUT2D eigenvalue weighted by atomic mass is 9.93. The molecule has 0 spiro atoms. The van der Waals surface area contributed by atoms with E-state index in [9.17, 15) is 14.0 Å². The Hall–Kier alpha value is -1.91. The van der Waals surface area contributed by atoms with Gasteiger partial charge < -0.3 is 10.0 Å². The predicted molar refractivity (Wildman–Crippen MR) is 76.4 cm³/mol. The average molecular weight is 293 g/mol. The van der Waals surface area contributed by atoms with Gasteiger partial charge in [0.05, 0.1) is 5.41 Å². The van der Waals surface area contributed by atoms with Crippen LogP contribution in [0.5, 0.6) is 0 Å². The third-order valence-corrected chi connectivity index (χ3v) is 4.25. The molecule has 1 N–H and O–H groups in total. The van der Waals surface area contributed by atoms with Gasteiger partial charge in [-0.05, 0) is 43.9 Å². The second kappa shape index (κ2) is 5.84. The lowest BCUT2D eigenvalue weighted by Gasteiger charge is -2.31. The molecule has 0 saturated heterocycles. The van der Waals surface area contributed by atoms with Crippen LogP contribution in [0.1, 0.15) is 38.7 Å². The van der Waals surface area contributed by atoms with E-state index < -0.39 is 11.4 Å². The molecule has 1 atom stereocenters. The van der Waals surface area contributed by atoms with Gasteiger partial charge in [0.2, 0.25) is 5.91 Å². The summed E-state index contributed by atoms with van der Waals surface area (Å²) in [6, 6.07) is 5.79. The Morgan fingerprint density at radius 3 is 2.33 bits per heavy atom. The van der Waals surface area contributed by atoms with E-state index in [2.05, 4.69) is 0 Å². The van der Waals surface area contributed by atoms with Crippen molar-refractivity contribution >= 4 is 11.9 Å². The molecule has 1 amide bonds. The van der Waals surface area contributed by atoms with Gasteiger partial charge in [0.15, 0.2) is 0 Å². The van der Waals surface area contributed by atoms with Gasteiger partial charge in [-0.3, -0.25) is 9.59 Å². The molecule has 1 aliphatic carbocycles. The van der Waals surface area contributed by atoms with Crippen LogP contribution in [0, 0.1) is 5.82 Å². The number of carboxylic acid groups (broad SMARTS) is 1. The van der Waals surface area contributed by atoms with Crippen LogP contribution in [-0.4, -0.2) is 34.5 Å². The minimum Gasteiger partial charge on any atom is -0.480 e. The van der Waals surface area contributed by atoms with E-state index in [1.54, 1.807) is 12.1 Å². The van der Waals surface area contributed by atoms with Crippen molar-refractivity contribution in [1.82, 2.24) is 4.90 Å². The normalized spacial score (nSPS) is 17.1. The smallest absolute Gasteiger partial charge is 0.323 e. The molecule has 21 heavy (non-hydrogen) atoms. The van der Waals surface area contributed by atoms with Crippen LogP contribution in [0.4, 0.5) is 4.39 Å². The Labute approximate surface area is 123 Å². The van der Waals surface area contributed by atoms with Crippen molar-refractivity contribution in [3.63, 3.8) is 0 Å². The summed E-state index contributed by atoms with van der Waals surface area (Å²) in [5.41, 5.74) is 0.111. The molecule has 0 heterocycles. The molecule has 1 saturated carbocycles. The second-order valence-electron chi connectivity index (χ2n) is 5.67. The van der Waals surface area contributed by atoms with Crippen LogP contribution in [0.15, 0.2) is 24.3 Å². The largest absolute Gasteiger partial charge is 0.480 e. The highest BCUT2D eigenvalue weighted by Gasteiger charge is 2.53. The second-order valence-corrected chi connectivity index (χ2v) is 5.67. The monoisotopic (exact) mass is 293 g/mol. The summed E-state index contributed by atoms with van der Waals surface area (Å²) in [5.74, 6) is -1.52.